The second-order valence-corrected chi connectivity index (χ2v) is 6.36. The van der Waals surface area contributed by atoms with Gasteiger partial charge in [0.25, 0.3) is 0 Å². The Morgan fingerprint density at radius 2 is 2.48 bits per heavy atom. The Kier molecular flexibility index (Phi) is 4.02. The molecule has 1 unspecified atom stereocenters. The van der Waals surface area contributed by atoms with Gasteiger partial charge in [0, 0.05) is 31.1 Å². The lowest BCUT2D eigenvalue weighted by molar-refractivity contribution is 0.182. The zero-order chi connectivity index (χ0) is 15.0. The van der Waals surface area contributed by atoms with Crippen molar-refractivity contribution in [1.82, 2.24) is 9.88 Å². The molecule has 1 aromatic rings. The zero-order valence-electron chi connectivity index (χ0n) is 11.7. The number of β-amino-alcohol motifs (C(OH)–C–C–N with tert-alkyl or cyclic N) is 1. The van der Waals surface area contributed by atoms with Crippen LogP contribution in [0, 0.1) is 11.3 Å². The average molecular weight is 353 g/mol. The Morgan fingerprint density at radius 3 is 3.14 bits per heavy atom. The van der Waals surface area contributed by atoms with Crippen molar-refractivity contribution in [3.8, 4) is 11.8 Å². The van der Waals surface area contributed by atoms with Crippen molar-refractivity contribution in [3.63, 3.8) is 0 Å². The zero-order valence-corrected chi connectivity index (χ0v) is 13.3. The highest BCUT2D eigenvalue weighted by Gasteiger charge is 2.29. The molecule has 1 saturated heterocycles. The van der Waals surface area contributed by atoms with E-state index in [0.29, 0.717) is 24.8 Å². The van der Waals surface area contributed by atoms with Crippen molar-refractivity contribution in [2.24, 2.45) is 0 Å². The van der Waals surface area contributed by atoms with E-state index in [-0.39, 0.29) is 6.10 Å². The Bertz CT molecular complexity index is 589. The minimum Gasteiger partial charge on any atom is -0.473 e. The summed E-state index contributed by atoms with van der Waals surface area (Å²) in [4.78, 5) is 6.50. The molecule has 0 radical (unpaired) electrons. The molecule has 0 aliphatic carbocycles. The minimum atomic E-state index is -0.426. The second kappa shape index (κ2) is 5.79. The second-order valence-electron chi connectivity index (χ2n) is 5.57. The number of fused-ring (bicyclic) bond motifs is 1. The first-order valence-electron chi connectivity index (χ1n) is 6.94. The fraction of sp³-hybridized carbons (Fsp3) is 0.571. The number of hydrogen-bond acceptors (Lipinski definition) is 6. The fourth-order valence-electron chi connectivity index (χ4n) is 2.88. The van der Waals surface area contributed by atoms with Gasteiger partial charge in [0.2, 0.25) is 0 Å². The highest BCUT2D eigenvalue weighted by molar-refractivity contribution is 9.10. The van der Waals surface area contributed by atoms with Crippen LogP contribution in [0.4, 0.5) is 5.82 Å². The van der Waals surface area contributed by atoms with Crippen LogP contribution in [0.3, 0.4) is 0 Å². The van der Waals surface area contributed by atoms with Gasteiger partial charge in [-0.05, 0) is 29.4 Å². The Labute approximate surface area is 131 Å². The van der Waals surface area contributed by atoms with Crippen LogP contribution in [0.25, 0.3) is 0 Å². The SMILES string of the molecule is CN1C[C@H](O)C[C@H]1CNc1ncc2c(c1Br)CC(C#N)O2. The molecule has 112 valence electrons. The third-order valence-electron chi connectivity index (χ3n) is 4.06. The van der Waals surface area contributed by atoms with Gasteiger partial charge in [0.15, 0.2) is 6.10 Å². The number of hydrogen-bond donors (Lipinski definition) is 2. The molecule has 2 aliphatic rings. The van der Waals surface area contributed by atoms with E-state index in [9.17, 15) is 5.11 Å². The van der Waals surface area contributed by atoms with Gasteiger partial charge in [-0.15, -0.1) is 0 Å². The van der Waals surface area contributed by atoms with Crippen molar-refractivity contribution in [1.29, 1.82) is 5.26 Å². The molecule has 0 aromatic carbocycles. The number of ether oxygens (including phenoxy) is 1. The van der Waals surface area contributed by atoms with Crippen molar-refractivity contribution < 1.29 is 9.84 Å². The molecule has 7 heteroatoms. The van der Waals surface area contributed by atoms with E-state index >= 15 is 0 Å². The molecule has 2 aliphatic heterocycles. The number of likely N-dealkylation sites (N-methyl/N-ethyl adjacent to an activating group) is 1. The van der Waals surface area contributed by atoms with Gasteiger partial charge >= 0.3 is 0 Å². The quantitative estimate of drug-likeness (QED) is 0.849. The first-order chi connectivity index (χ1) is 10.1. The Hall–Kier alpha value is -1.36. The van der Waals surface area contributed by atoms with E-state index in [2.05, 4.69) is 37.2 Å². The van der Waals surface area contributed by atoms with Crippen LogP contribution in [0.2, 0.25) is 0 Å². The summed E-state index contributed by atoms with van der Waals surface area (Å²) < 4.78 is 6.34. The topological polar surface area (TPSA) is 81.4 Å². The van der Waals surface area contributed by atoms with Gasteiger partial charge in [-0.25, -0.2) is 4.98 Å². The molecule has 0 amide bonds. The molecule has 0 saturated carbocycles. The maximum absolute atomic E-state index is 9.66. The molecule has 2 N–H and O–H groups in total. The van der Waals surface area contributed by atoms with Gasteiger partial charge in [-0.1, -0.05) is 0 Å². The summed E-state index contributed by atoms with van der Waals surface area (Å²) >= 11 is 3.55. The lowest BCUT2D eigenvalue weighted by Gasteiger charge is -2.20. The molecular formula is C14H17BrN4O2. The third kappa shape index (κ3) is 2.84. The average Bonchev–Trinajstić information content (AvgIpc) is 3.01. The summed E-state index contributed by atoms with van der Waals surface area (Å²) in [6.45, 7) is 1.43. The highest BCUT2D eigenvalue weighted by Crippen LogP contribution is 2.37. The maximum Gasteiger partial charge on any atom is 0.188 e. The Balaban J connectivity index is 1.69. The van der Waals surface area contributed by atoms with Crippen LogP contribution in [-0.2, 0) is 6.42 Å². The standard InChI is InChI=1S/C14H17BrN4O2/c1-19-7-9(20)2-8(19)5-17-14-13(15)11-3-10(4-16)21-12(11)6-18-14/h6,8-10,20H,2-3,5,7H2,1H3,(H,17,18)/t8-,9+,10?/m0/s1. The smallest absolute Gasteiger partial charge is 0.188 e. The number of halogens is 1. The summed E-state index contributed by atoms with van der Waals surface area (Å²) in [6.07, 6.45) is 2.33. The first-order valence-corrected chi connectivity index (χ1v) is 7.73. The molecule has 0 spiro atoms. The van der Waals surface area contributed by atoms with Crippen molar-refractivity contribution in [3.05, 3.63) is 16.2 Å². The fourth-order valence-corrected chi connectivity index (χ4v) is 3.48. The van der Waals surface area contributed by atoms with Gasteiger partial charge in [0.05, 0.1) is 16.8 Å². The molecule has 0 bridgehead atoms. The first kappa shape index (κ1) is 14.6. The molecule has 3 rings (SSSR count). The third-order valence-corrected chi connectivity index (χ3v) is 4.91. The van der Waals surface area contributed by atoms with E-state index < -0.39 is 6.10 Å². The lowest BCUT2D eigenvalue weighted by Crippen LogP contribution is -2.31. The van der Waals surface area contributed by atoms with Crippen LogP contribution in [0.1, 0.15) is 12.0 Å². The van der Waals surface area contributed by atoms with Crippen molar-refractivity contribution >= 4 is 21.7 Å². The number of pyridine rings is 1. The van der Waals surface area contributed by atoms with E-state index in [1.54, 1.807) is 6.20 Å². The largest absolute Gasteiger partial charge is 0.473 e. The normalized spacial score (nSPS) is 28.0. The molecule has 3 heterocycles. The number of rotatable bonds is 3. The molecule has 21 heavy (non-hydrogen) atoms. The summed E-state index contributed by atoms with van der Waals surface area (Å²) in [7, 11) is 2.01. The lowest BCUT2D eigenvalue weighted by atomic mass is 10.1. The number of aromatic nitrogens is 1. The van der Waals surface area contributed by atoms with Gasteiger partial charge in [-0.2, -0.15) is 5.26 Å². The number of nitriles is 1. The van der Waals surface area contributed by atoms with Crippen molar-refractivity contribution in [2.45, 2.75) is 31.1 Å². The van der Waals surface area contributed by atoms with E-state index in [1.165, 1.54) is 0 Å². The number of likely N-dealkylation sites (tertiary alicyclic amines) is 1. The maximum atomic E-state index is 9.66. The van der Waals surface area contributed by atoms with E-state index in [4.69, 9.17) is 10.00 Å². The molecule has 6 nitrogen and oxygen atoms in total. The van der Waals surface area contributed by atoms with E-state index in [0.717, 1.165) is 28.8 Å². The predicted molar refractivity (Wildman–Crippen MR) is 81.2 cm³/mol. The summed E-state index contributed by atoms with van der Waals surface area (Å²) in [5.41, 5.74) is 0.985. The van der Waals surface area contributed by atoms with Gasteiger partial charge < -0.3 is 15.2 Å². The Morgan fingerprint density at radius 1 is 1.67 bits per heavy atom. The number of nitrogens with zero attached hydrogens (tertiary/aromatic N) is 3. The minimum absolute atomic E-state index is 0.247. The molecule has 1 fully saturated rings. The summed E-state index contributed by atoms with van der Waals surface area (Å²) in [5, 5.41) is 21.9. The number of anilines is 1. The highest BCUT2D eigenvalue weighted by atomic mass is 79.9. The number of aliphatic hydroxyl groups is 1. The molecular weight excluding hydrogens is 336 g/mol. The number of nitrogens with one attached hydrogen (secondary N) is 1. The summed E-state index contributed by atoms with van der Waals surface area (Å²) in [5.74, 6) is 1.43. The molecule has 3 atom stereocenters. The van der Waals surface area contributed by atoms with Crippen molar-refractivity contribution in [2.75, 3.05) is 25.5 Å². The monoisotopic (exact) mass is 352 g/mol. The summed E-state index contributed by atoms with van der Waals surface area (Å²) in [6, 6.07) is 2.42. The van der Waals surface area contributed by atoms with Gasteiger partial charge in [-0.3, -0.25) is 4.90 Å². The van der Waals surface area contributed by atoms with Crippen LogP contribution in [0.15, 0.2) is 10.7 Å². The molecule has 1 aromatic heterocycles. The van der Waals surface area contributed by atoms with E-state index in [1.807, 2.05) is 7.05 Å². The predicted octanol–water partition coefficient (Wildman–Crippen LogP) is 1.15. The van der Waals surface area contributed by atoms with Crippen LogP contribution in [-0.4, -0.2) is 53.4 Å². The number of aliphatic hydroxyl groups excluding tert-OH is 1. The van der Waals surface area contributed by atoms with Crippen LogP contribution >= 0.6 is 15.9 Å². The van der Waals surface area contributed by atoms with Crippen LogP contribution < -0.4 is 10.1 Å². The van der Waals surface area contributed by atoms with Gasteiger partial charge in [0.1, 0.15) is 17.6 Å². The van der Waals surface area contributed by atoms with Crippen LogP contribution in [0.5, 0.6) is 5.75 Å².